The number of guanidine groups is 1. The van der Waals surface area contributed by atoms with Crippen LogP contribution in [0.15, 0.2) is 29.3 Å². The summed E-state index contributed by atoms with van der Waals surface area (Å²) in [5.41, 5.74) is 1.03. The fourth-order valence-electron chi connectivity index (χ4n) is 3.05. The number of hydrogen-bond acceptors (Lipinski definition) is 5. The first-order valence-electron chi connectivity index (χ1n) is 9.65. The second-order valence-corrected chi connectivity index (χ2v) is 7.13. The van der Waals surface area contributed by atoms with Gasteiger partial charge in [-0.2, -0.15) is 0 Å². The highest BCUT2D eigenvalue weighted by atomic mass is 127. The number of halogens is 1. The lowest BCUT2D eigenvalue weighted by atomic mass is 9.84. The van der Waals surface area contributed by atoms with E-state index in [0.717, 1.165) is 24.3 Å². The van der Waals surface area contributed by atoms with Gasteiger partial charge in [0.1, 0.15) is 18.5 Å². The molecule has 1 aliphatic rings. The predicted octanol–water partition coefficient (Wildman–Crippen LogP) is 1.70. The van der Waals surface area contributed by atoms with Gasteiger partial charge in [-0.1, -0.05) is 12.1 Å². The summed E-state index contributed by atoms with van der Waals surface area (Å²) in [5, 5.41) is 25.9. The fourth-order valence-corrected chi connectivity index (χ4v) is 3.05. The number of aliphatic imine (C=N–C) groups is 1. The summed E-state index contributed by atoms with van der Waals surface area (Å²) in [6.45, 7) is 7.33. The van der Waals surface area contributed by atoms with E-state index in [-0.39, 0.29) is 42.6 Å². The van der Waals surface area contributed by atoms with Gasteiger partial charge in [0.25, 0.3) is 0 Å². The number of hydrogen-bond donors (Lipinski definition) is 4. The lowest BCUT2D eigenvalue weighted by molar-refractivity contribution is 0.110. The van der Waals surface area contributed by atoms with Gasteiger partial charge in [-0.15, -0.1) is 24.0 Å². The van der Waals surface area contributed by atoms with Gasteiger partial charge in [0, 0.05) is 31.7 Å². The van der Waals surface area contributed by atoms with Gasteiger partial charge >= 0.3 is 0 Å². The van der Waals surface area contributed by atoms with Gasteiger partial charge in [-0.3, -0.25) is 4.99 Å². The smallest absolute Gasteiger partial charge is 0.191 e. The third kappa shape index (κ3) is 8.50. The van der Waals surface area contributed by atoms with E-state index in [1.807, 2.05) is 38.1 Å². The summed E-state index contributed by atoms with van der Waals surface area (Å²) in [5.74, 6) is 1.40. The van der Waals surface area contributed by atoms with Crippen LogP contribution in [0.5, 0.6) is 5.75 Å². The Labute approximate surface area is 184 Å². The minimum Gasteiger partial charge on any atom is -0.491 e. The molecule has 0 aliphatic carbocycles. The van der Waals surface area contributed by atoms with Gasteiger partial charge in [-0.05, 0) is 44.4 Å². The summed E-state index contributed by atoms with van der Waals surface area (Å²) >= 11 is 0. The van der Waals surface area contributed by atoms with Gasteiger partial charge in [-0.25, -0.2) is 0 Å². The molecule has 4 N–H and O–H groups in total. The first-order valence-corrected chi connectivity index (χ1v) is 9.65. The summed E-state index contributed by atoms with van der Waals surface area (Å²) in [7, 11) is 0. The third-order valence-electron chi connectivity index (χ3n) is 4.68. The normalized spacial score (nSPS) is 20.4. The number of aliphatic hydroxyl groups is 2. The van der Waals surface area contributed by atoms with Crippen LogP contribution in [0, 0.1) is 12.3 Å². The van der Waals surface area contributed by atoms with Crippen LogP contribution in [-0.4, -0.2) is 68.3 Å². The van der Waals surface area contributed by atoms with E-state index >= 15 is 0 Å². The molecule has 0 radical (unpaired) electrons. The van der Waals surface area contributed by atoms with Crippen molar-refractivity contribution in [2.75, 3.05) is 46.1 Å². The zero-order chi connectivity index (χ0) is 19.5. The molecule has 0 spiro atoms. The van der Waals surface area contributed by atoms with Crippen LogP contribution in [0.1, 0.15) is 25.3 Å². The number of benzene rings is 1. The molecule has 0 saturated carbocycles. The maximum atomic E-state index is 10.2. The molecule has 2 rings (SSSR count). The van der Waals surface area contributed by atoms with Crippen molar-refractivity contribution >= 4 is 29.9 Å². The van der Waals surface area contributed by atoms with Crippen molar-refractivity contribution in [1.82, 2.24) is 10.6 Å². The minimum absolute atomic E-state index is 0. The molecule has 1 aromatic rings. The quantitative estimate of drug-likeness (QED) is 0.219. The Hall–Kier alpha value is -1.10. The van der Waals surface area contributed by atoms with E-state index in [9.17, 15) is 10.2 Å². The van der Waals surface area contributed by atoms with E-state index in [1.165, 1.54) is 0 Å². The molecule has 1 aliphatic heterocycles. The van der Waals surface area contributed by atoms with Crippen molar-refractivity contribution in [2.24, 2.45) is 10.4 Å². The largest absolute Gasteiger partial charge is 0.491 e. The molecule has 2 atom stereocenters. The first kappa shape index (κ1) is 24.9. The highest BCUT2D eigenvalue weighted by Crippen LogP contribution is 2.32. The molecule has 1 heterocycles. The Morgan fingerprint density at radius 1 is 1.39 bits per heavy atom. The number of ether oxygens (including phenoxy) is 2. The standard InChI is InChI=1S/C20H33N3O4.HI/c1-3-21-19(23-14-20(7-9-24)8-10-26-15-20)22-12-17(25)13-27-18-6-4-5-16(2)11-18;/h4-6,11,17,24-25H,3,7-10,12-15H2,1-2H3,(H2,21,22,23);1H. The summed E-state index contributed by atoms with van der Waals surface area (Å²) in [4.78, 5) is 4.64. The Kier molecular flexibility index (Phi) is 11.7. The van der Waals surface area contributed by atoms with E-state index in [2.05, 4.69) is 15.6 Å². The second kappa shape index (κ2) is 13.2. The Morgan fingerprint density at radius 3 is 2.86 bits per heavy atom. The van der Waals surface area contributed by atoms with Crippen molar-refractivity contribution in [3.05, 3.63) is 29.8 Å². The summed E-state index contributed by atoms with van der Waals surface area (Å²) in [6.07, 6.45) is 0.933. The monoisotopic (exact) mass is 507 g/mol. The lowest BCUT2D eigenvalue weighted by Gasteiger charge is -2.25. The van der Waals surface area contributed by atoms with Crippen LogP contribution in [0.25, 0.3) is 0 Å². The van der Waals surface area contributed by atoms with Crippen LogP contribution in [0.4, 0.5) is 0 Å². The molecule has 7 nitrogen and oxygen atoms in total. The fraction of sp³-hybridized carbons (Fsp3) is 0.650. The van der Waals surface area contributed by atoms with Crippen LogP contribution in [0.2, 0.25) is 0 Å². The zero-order valence-corrected chi connectivity index (χ0v) is 19.1. The van der Waals surface area contributed by atoms with Crippen LogP contribution in [0.3, 0.4) is 0 Å². The molecule has 0 aromatic heterocycles. The molecule has 8 heteroatoms. The number of nitrogens with one attached hydrogen (secondary N) is 2. The van der Waals surface area contributed by atoms with E-state index in [4.69, 9.17) is 9.47 Å². The van der Waals surface area contributed by atoms with Gasteiger partial charge in [0.05, 0.1) is 13.2 Å². The van der Waals surface area contributed by atoms with Gasteiger partial charge in [0.15, 0.2) is 5.96 Å². The highest BCUT2D eigenvalue weighted by molar-refractivity contribution is 14.0. The molecule has 160 valence electrons. The van der Waals surface area contributed by atoms with Crippen molar-refractivity contribution in [1.29, 1.82) is 0 Å². The lowest BCUT2D eigenvalue weighted by Crippen LogP contribution is -2.43. The maximum absolute atomic E-state index is 10.2. The van der Waals surface area contributed by atoms with Gasteiger partial charge < -0.3 is 30.3 Å². The predicted molar refractivity (Wildman–Crippen MR) is 122 cm³/mol. The maximum Gasteiger partial charge on any atom is 0.191 e. The zero-order valence-electron chi connectivity index (χ0n) is 16.8. The van der Waals surface area contributed by atoms with Crippen LogP contribution >= 0.6 is 24.0 Å². The van der Waals surface area contributed by atoms with E-state index in [1.54, 1.807) is 0 Å². The molecule has 28 heavy (non-hydrogen) atoms. The molecule has 2 unspecified atom stereocenters. The molecule has 1 saturated heterocycles. The molecule has 0 bridgehead atoms. The van der Waals surface area contributed by atoms with Crippen LogP contribution in [-0.2, 0) is 4.74 Å². The Bertz CT molecular complexity index is 595. The Balaban J connectivity index is 0.00000392. The van der Waals surface area contributed by atoms with Crippen molar-refractivity contribution in [3.8, 4) is 5.75 Å². The third-order valence-corrected chi connectivity index (χ3v) is 4.68. The highest BCUT2D eigenvalue weighted by Gasteiger charge is 2.34. The molecular weight excluding hydrogens is 473 g/mol. The SMILES string of the molecule is CCNC(=NCC1(CCO)CCOC1)NCC(O)COc1cccc(C)c1.I. The molecule has 0 amide bonds. The molecular formula is C20H34IN3O4. The van der Waals surface area contributed by atoms with Crippen molar-refractivity contribution < 1.29 is 19.7 Å². The topological polar surface area (TPSA) is 95.3 Å². The average molecular weight is 507 g/mol. The second-order valence-electron chi connectivity index (χ2n) is 7.13. The molecule has 1 aromatic carbocycles. The Morgan fingerprint density at radius 2 is 2.21 bits per heavy atom. The summed E-state index contributed by atoms with van der Waals surface area (Å²) in [6, 6.07) is 7.75. The number of aryl methyl sites for hydroxylation is 1. The van der Waals surface area contributed by atoms with Crippen molar-refractivity contribution in [3.63, 3.8) is 0 Å². The number of nitrogens with zero attached hydrogens (tertiary/aromatic N) is 1. The number of aliphatic hydroxyl groups excluding tert-OH is 2. The average Bonchev–Trinajstić information content (AvgIpc) is 3.11. The summed E-state index contributed by atoms with van der Waals surface area (Å²) < 4.78 is 11.1. The molecule has 1 fully saturated rings. The van der Waals surface area contributed by atoms with E-state index < -0.39 is 6.10 Å². The minimum atomic E-state index is -0.657. The van der Waals surface area contributed by atoms with Gasteiger partial charge in [0.2, 0.25) is 0 Å². The van der Waals surface area contributed by atoms with Crippen molar-refractivity contribution in [2.45, 2.75) is 32.8 Å². The van der Waals surface area contributed by atoms with Crippen LogP contribution < -0.4 is 15.4 Å². The number of rotatable bonds is 10. The van der Waals surface area contributed by atoms with E-state index in [0.29, 0.717) is 38.7 Å². The first-order chi connectivity index (χ1) is 13.1.